The number of carbonyl (C=O) groups is 1. The third kappa shape index (κ3) is 2.89. The van der Waals surface area contributed by atoms with Gasteiger partial charge in [-0.1, -0.05) is 37.3 Å². The van der Waals surface area contributed by atoms with E-state index < -0.39 is 12.1 Å². The lowest BCUT2D eigenvalue weighted by Crippen LogP contribution is -2.47. The summed E-state index contributed by atoms with van der Waals surface area (Å²) in [6.45, 7) is 3.86. The number of rotatable bonds is 4. The molecule has 1 N–H and O–H groups in total. The fourth-order valence-corrected chi connectivity index (χ4v) is 2.48. The van der Waals surface area contributed by atoms with E-state index in [2.05, 4.69) is 24.0 Å². The second-order valence-electron chi connectivity index (χ2n) is 4.53. The van der Waals surface area contributed by atoms with E-state index in [4.69, 9.17) is 9.84 Å². The summed E-state index contributed by atoms with van der Waals surface area (Å²) in [6.07, 6.45) is 0.271. The normalized spacial score (nSPS) is 22.6. The van der Waals surface area contributed by atoms with Crippen molar-refractivity contribution in [1.82, 2.24) is 4.90 Å². The Morgan fingerprint density at radius 1 is 1.50 bits per heavy atom. The van der Waals surface area contributed by atoms with Crippen LogP contribution >= 0.6 is 0 Å². The first kappa shape index (κ1) is 13.1. The standard InChI is InChI=1S/C14H19NO3/c1-2-12(11-6-4-3-5-7-11)15-8-9-18-13(10-15)14(16)17/h3-7,12-13H,2,8-10H2,1H3,(H,16,17). The summed E-state index contributed by atoms with van der Waals surface area (Å²) >= 11 is 0. The molecule has 0 spiro atoms. The molecule has 0 saturated carbocycles. The molecule has 1 saturated heterocycles. The van der Waals surface area contributed by atoms with Gasteiger partial charge in [0.15, 0.2) is 6.10 Å². The molecule has 2 rings (SSSR count). The van der Waals surface area contributed by atoms with E-state index in [1.807, 2.05) is 18.2 Å². The van der Waals surface area contributed by atoms with Gasteiger partial charge < -0.3 is 9.84 Å². The van der Waals surface area contributed by atoms with Crippen molar-refractivity contribution >= 4 is 5.97 Å². The smallest absolute Gasteiger partial charge is 0.334 e. The topological polar surface area (TPSA) is 49.8 Å². The van der Waals surface area contributed by atoms with Gasteiger partial charge in [0, 0.05) is 19.1 Å². The molecule has 1 aliphatic heterocycles. The molecule has 2 atom stereocenters. The zero-order chi connectivity index (χ0) is 13.0. The van der Waals surface area contributed by atoms with Gasteiger partial charge in [0.25, 0.3) is 0 Å². The Morgan fingerprint density at radius 2 is 2.22 bits per heavy atom. The number of benzene rings is 1. The third-order valence-electron chi connectivity index (χ3n) is 3.39. The highest BCUT2D eigenvalue weighted by molar-refractivity contribution is 5.72. The Bertz CT molecular complexity index is 393. The monoisotopic (exact) mass is 249 g/mol. The van der Waals surface area contributed by atoms with Crippen LogP contribution in [0.5, 0.6) is 0 Å². The summed E-state index contributed by atoms with van der Waals surface area (Å²) in [7, 11) is 0. The largest absolute Gasteiger partial charge is 0.479 e. The van der Waals surface area contributed by atoms with Gasteiger partial charge in [-0.15, -0.1) is 0 Å². The number of carboxylic acid groups (broad SMARTS) is 1. The molecule has 1 aromatic rings. The third-order valence-corrected chi connectivity index (χ3v) is 3.39. The number of carboxylic acids is 1. The molecule has 0 aliphatic carbocycles. The van der Waals surface area contributed by atoms with Crippen molar-refractivity contribution in [2.75, 3.05) is 19.7 Å². The average molecular weight is 249 g/mol. The molecule has 2 unspecified atom stereocenters. The van der Waals surface area contributed by atoms with Crippen LogP contribution in [0.2, 0.25) is 0 Å². The van der Waals surface area contributed by atoms with Gasteiger partial charge in [-0.25, -0.2) is 4.79 Å². The van der Waals surface area contributed by atoms with Crippen LogP contribution in [0.3, 0.4) is 0 Å². The fourth-order valence-electron chi connectivity index (χ4n) is 2.48. The van der Waals surface area contributed by atoms with Crippen molar-refractivity contribution in [3.05, 3.63) is 35.9 Å². The van der Waals surface area contributed by atoms with Gasteiger partial charge in [0.2, 0.25) is 0 Å². The van der Waals surface area contributed by atoms with Crippen molar-refractivity contribution in [2.24, 2.45) is 0 Å². The lowest BCUT2D eigenvalue weighted by atomic mass is 10.0. The number of morpholine rings is 1. The maximum Gasteiger partial charge on any atom is 0.334 e. The van der Waals surface area contributed by atoms with Crippen LogP contribution in [-0.4, -0.2) is 41.8 Å². The van der Waals surface area contributed by atoms with Crippen molar-refractivity contribution in [3.8, 4) is 0 Å². The van der Waals surface area contributed by atoms with Crippen LogP contribution < -0.4 is 0 Å². The molecule has 0 radical (unpaired) electrons. The van der Waals surface area contributed by atoms with Gasteiger partial charge in [0.05, 0.1) is 6.61 Å². The molecule has 1 aromatic carbocycles. The summed E-state index contributed by atoms with van der Waals surface area (Å²) < 4.78 is 5.26. The summed E-state index contributed by atoms with van der Waals surface area (Å²) in [5, 5.41) is 9.03. The molecular formula is C14H19NO3. The molecule has 0 amide bonds. The zero-order valence-electron chi connectivity index (χ0n) is 10.6. The van der Waals surface area contributed by atoms with Crippen LogP contribution in [0.4, 0.5) is 0 Å². The van der Waals surface area contributed by atoms with Crippen molar-refractivity contribution in [3.63, 3.8) is 0 Å². The predicted molar refractivity (Wildman–Crippen MR) is 68.4 cm³/mol. The summed E-state index contributed by atoms with van der Waals surface area (Å²) in [6, 6.07) is 10.5. The van der Waals surface area contributed by atoms with Crippen LogP contribution in [0.15, 0.2) is 30.3 Å². The molecule has 0 bridgehead atoms. The number of nitrogens with zero attached hydrogens (tertiary/aromatic N) is 1. The molecule has 1 heterocycles. The van der Waals surface area contributed by atoms with E-state index in [9.17, 15) is 4.79 Å². The highest BCUT2D eigenvalue weighted by atomic mass is 16.5. The molecule has 0 aromatic heterocycles. The first-order valence-corrected chi connectivity index (χ1v) is 6.35. The van der Waals surface area contributed by atoms with Crippen LogP contribution in [-0.2, 0) is 9.53 Å². The molecule has 98 valence electrons. The number of hydrogen-bond acceptors (Lipinski definition) is 3. The van der Waals surface area contributed by atoms with Crippen molar-refractivity contribution in [2.45, 2.75) is 25.5 Å². The Morgan fingerprint density at radius 3 is 2.83 bits per heavy atom. The fraction of sp³-hybridized carbons (Fsp3) is 0.500. The summed E-state index contributed by atoms with van der Waals surface area (Å²) in [5.41, 5.74) is 1.24. The average Bonchev–Trinajstić information content (AvgIpc) is 2.41. The quantitative estimate of drug-likeness (QED) is 0.885. The lowest BCUT2D eigenvalue weighted by Gasteiger charge is -2.36. The van der Waals surface area contributed by atoms with E-state index in [1.165, 1.54) is 5.56 Å². The Labute approximate surface area is 107 Å². The zero-order valence-corrected chi connectivity index (χ0v) is 10.6. The van der Waals surface area contributed by atoms with Crippen LogP contribution in [0, 0.1) is 0 Å². The molecule has 18 heavy (non-hydrogen) atoms. The van der Waals surface area contributed by atoms with E-state index >= 15 is 0 Å². The maximum atomic E-state index is 11.0. The second kappa shape index (κ2) is 5.98. The van der Waals surface area contributed by atoms with E-state index in [0.717, 1.165) is 13.0 Å². The van der Waals surface area contributed by atoms with Gasteiger partial charge in [-0.05, 0) is 12.0 Å². The van der Waals surface area contributed by atoms with Crippen molar-refractivity contribution < 1.29 is 14.6 Å². The maximum absolute atomic E-state index is 11.0. The van der Waals surface area contributed by atoms with Crippen molar-refractivity contribution in [1.29, 1.82) is 0 Å². The SMILES string of the molecule is CCC(c1ccccc1)N1CCOC(C(=O)O)C1. The summed E-state index contributed by atoms with van der Waals surface area (Å²) in [4.78, 5) is 13.2. The molecular weight excluding hydrogens is 230 g/mol. The number of ether oxygens (including phenoxy) is 1. The van der Waals surface area contributed by atoms with Crippen LogP contribution in [0.1, 0.15) is 24.9 Å². The predicted octanol–water partition coefficient (Wildman–Crippen LogP) is 1.92. The minimum absolute atomic E-state index is 0.275. The highest BCUT2D eigenvalue weighted by Gasteiger charge is 2.30. The van der Waals surface area contributed by atoms with E-state index in [-0.39, 0.29) is 6.04 Å². The van der Waals surface area contributed by atoms with E-state index in [0.29, 0.717) is 13.2 Å². The molecule has 4 nitrogen and oxygen atoms in total. The lowest BCUT2D eigenvalue weighted by molar-refractivity contribution is -0.157. The molecule has 4 heteroatoms. The Balaban J connectivity index is 2.11. The van der Waals surface area contributed by atoms with E-state index in [1.54, 1.807) is 0 Å². The van der Waals surface area contributed by atoms with Crippen LogP contribution in [0.25, 0.3) is 0 Å². The van der Waals surface area contributed by atoms with Gasteiger partial charge in [-0.3, -0.25) is 4.90 Å². The molecule has 1 aliphatic rings. The number of aliphatic carboxylic acids is 1. The Kier molecular flexibility index (Phi) is 4.33. The minimum Gasteiger partial charge on any atom is -0.479 e. The second-order valence-corrected chi connectivity index (χ2v) is 4.53. The Hall–Kier alpha value is -1.39. The van der Waals surface area contributed by atoms with Gasteiger partial charge in [-0.2, -0.15) is 0 Å². The highest BCUT2D eigenvalue weighted by Crippen LogP contribution is 2.25. The first-order chi connectivity index (χ1) is 8.72. The minimum atomic E-state index is -0.873. The van der Waals surface area contributed by atoms with Gasteiger partial charge in [0.1, 0.15) is 0 Å². The molecule has 1 fully saturated rings. The summed E-state index contributed by atoms with van der Waals surface area (Å²) in [5.74, 6) is -0.873. The van der Waals surface area contributed by atoms with Gasteiger partial charge >= 0.3 is 5.97 Å². The first-order valence-electron chi connectivity index (χ1n) is 6.35. The number of hydrogen-bond donors (Lipinski definition) is 1.